The van der Waals surface area contributed by atoms with E-state index in [0.29, 0.717) is 6.07 Å². The van der Waals surface area contributed by atoms with Gasteiger partial charge in [-0.3, -0.25) is 9.59 Å². The van der Waals surface area contributed by atoms with E-state index in [9.17, 15) is 27.2 Å². The van der Waals surface area contributed by atoms with E-state index in [2.05, 4.69) is 0 Å². The first-order chi connectivity index (χ1) is 16.8. The minimum absolute atomic E-state index is 0.115. The summed E-state index contributed by atoms with van der Waals surface area (Å²) in [4.78, 5) is 25.4. The van der Waals surface area contributed by atoms with Gasteiger partial charge >= 0.3 is 0 Å². The van der Waals surface area contributed by atoms with Crippen LogP contribution in [0.1, 0.15) is 27.4 Å². The van der Waals surface area contributed by atoms with Gasteiger partial charge in [-0.2, -0.15) is 0 Å². The summed E-state index contributed by atoms with van der Waals surface area (Å²) in [5, 5.41) is 1.55. The molecule has 0 saturated heterocycles. The van der Waals surface area contributed by atoms with Crippen LogP contribution in [0.5, 0.6) is 0 Å². The molecule has 0 aliphatic heterocycles. The van der Waals surface area contributed by atoms with Crippen LogP contribution in [-0.4, -0.2) is 16.1 Å². The molecule has 5 N–H and O–H groups in total. The zero-order valence-corrected chi connectivity index (χ0v) is 19.9. The second-order valence-corrected chi connectivity index (χ2v) is 9.76. The average molecular weight is 565 g/mol. The Kier molecular flexibility index (Phi) is 6.35. The fourth-order valence-corrected chi connectivity index (χ4v) is 5.51. The van der Waals surface area contributed by atoms with Crippen molar-refractivity contribution in [2.75, 3.05) is 11.1 Å². The number of halogens is 8. The normalized spacial score (nSPS) is 20.2. The maximum absolute atomic E-state index is 15.7. The number of nitrogens with two attached hydrogens (primary N) is 2. The van der Waals surface area contributed by atoms with Gasteiger partial charge in [0.05, 0.1) is 10.7 Å². The first-order valence-corrected chi connectivity index (χ1v) is 11.1. The molecule has 36 heavy (non-hydrogen) atoms. The third kappa shape index (κ3) is 3.66. The minimum atomic E-state index is -2.23. The monoisotopic (exact) mass is 563 g/mol. The summed E-state index contributed by atoms with van der Waals surface area (Å²) in [6.07, 6.45) is 0. The molecular formula is C23H13Cl3F5N3O2. The van der Waals surface area contributed by atoms with Gasteiger partial charge in [-0.25, -0.2) is 22.0 Å². The summed E-state index contributed by atoms with van der Waals surface area (Å²) in [5.41, 5.74) is 5.22. The lowest BCUT2D eigenvalue weighted by atomic mass is 9.88. The molecule has 2 amide bonds. The highest BCUT2D eigenvalue weighted by atomic mass is 35.5. The van der Waals surface area contributed by atoms with Gasteiger partial charge in [0.2, 0.25) is 5.91 Å². The summed E-state index contributed by atoms with van der Waals surface area (Å²) >= 11 is 18.6. The molecule has 0 heterocycles. The molecule has 0 bridgehead atoms. The topological polar surface area (TPSA) is 98.2 Å². The number of anilines is 2. The molecule has 3 aromatic carbocycles. The lowest BCUT2D eigenvalue weighted by molar-refractivity contribution is -0.120. The van der Waals surface area contributed by atoms with Crippen molar-refractivity contribution in [3.63, 3.8) is 0 Å². The maximum atomic E-state index is 15.7. The number of carbonyl (C=O) groups is 2. The quantitative estimate of drug-likeness (QED) is 0.215. The van der Waals surface area contributed by atoms with E-state index in [1.54, 1.807) is 0 Å². The number of nitrogens with one attached hydrogen (secondary N) is 1. The first-order valence-electron chi connectivity index (χ1n) is 9.92. The molecule has 0 radical (unpaired) electrons. The molecule has 0 spiro atoms. The summed E-state index contributed by atoms with van der Waals surface area (Å²) in [6.45, 7) is 0. The molecule has 1 fully saturated rings. The molecule has 188 valence electrons. The highest BCUT2D eigenvalue weighted by molar-refractivity contribution is 6.55. The number of amides is 2. The van der Waals surface area contributed by atoms with Gasteiger partial charge in [0.15, 0.2) is 5.82 Å². The molecule has 1 saturated carbocycles. The Bertz CT molecular complexity index is 1450. The highest BCUT2D eigenvalue weighted by Gasteiger charge is 2.81. The Morgan fingerprint density at radius 1 is 0.889 bits per heavy atom. The van der Waals surface area contributed by atoms with Crippen LogP contribution in [0, 0.1) is 29.1 Å². The zero-order valence-electron chi connectivity index (χ0n) is 17.6. The lowest BCUT2D eigenvalue weighted by Crippen LogP contribution is -2.35. The van der Waals surface area contributed by atoms with Crippen molar-refractivity contribution in [1.29, 1.82) is 0 Å². The number of carbonyl (C=O) groups excluding carboxylic acids is 2. The molecule has 1 aliphatic carbocycles. The van der Waals surface area contributed by atoms with Crippen molar-refractivity contribution in [3.8, 4) is 0 Å². The van der Waals surface area contributed by atoms with Crippen molar-refractivity contribution in [3.05, 3.63) is 93.3 Å². The summed E-state index contributed by atoms with van der Waals surface area (Å²) in [6, 6.07) is 6.29. The minimum Gasteiger partial charge on any atom is -0.394 e. The molecule has 5 nitrogen and oxygen atoms in total. The number of rotatable bonds is 5. The Balaban J connectivity index is 1.83. The van der Waals surface area contributed by atoms with Crippen molar-refractivity contribution < 1.29 is 31.5 Å². The third-order valence-corrected chi connectivity index (χ3v) is 7.34. The van der Waals surface area contributed by atoms with Crippen LogP contribution in [0.15, 0.2) is 42.5 Å². The Hall–Kier alpha value is -3.08. The van der Waals surface area contributed by atoms with Crippen molar-refractivity contribution in [2.45, 2.75) is 15.7 Å². The van der Waals surface area contributed by atoms with E-state index in [-0.39, 0.29) is 10.6 Å². The van der Waals surface area contributed by atoms with E-state index in [0.717, 1.165) is 30.3 Å². The van der Waals surface area contributed by atoms with Crippen LogP contribution in [0.25, 0.3) is 0 Å². The fourth-order valence-electron chi connectivity index (χ4n) is 4.25. The molecule has 2 atom stereocenters. The number of hydrogen-bond acceptors (Lipinski definition) is 3. The smallest absolute Gasteiger partial charge is 0.261 e. The number of benzene rings is 3. The van der Waals surface area contributed by atoms with E-state index in [1.165, 1.54) is 6.07 Å². The number of primary amides is 1. The van der Waals surface area contributed by atoms with Gasteiger partial charge in [0.25, 0.3) is 5.91 Å². The van der Waals surface area contributed by atoms with Gasteiger partial charge < -0.3 is 16.8 Å². The van der Waals surface area contributed by atoms with Crippen molar-refractivity contribution in [2.24, 2.45) is 5.73 Å². The SMILES string of the molecule is NC(=O)C1(c2ccc(F)c(C(=O)Nc3ccc(F)c(N)c3F)c2F)C(c2ccc(F)c(Cl)c2)C1(Cl)Cl. The van der Waals surface area contributed by atoms with Gasteiger partial charge in [-0.15, -0.1) is 0 Å². The average Bonchev–Trinajstić information content (AvgIpc) is 3.33. The van der Waals surface area contributed by atoms with Crippen molar-refractivity contribution in [1.82, 2.24) is 0 Å². The van der Waals surface area contributed by atoms with Crippen LogP contribution >= 0.6 is 34.8 Å². The molecule has 13 heteroatoms. The maximum Gasteiger partial charge on any atom is 0.261 e. The highest BCUT2D eigenvalue weighted by Crippen LogP contribution is 2.74. The largest absolute Gasteiger partial charge is 0.394 e. The number of alkyl halides is 2. The van der Waals surface area contributed by atoms with E-state index >= 15 is 4.39 Å². The summed E-state index contributed by atoms with van der Waals surface area (Å²) in [7, 11) is 0. The van der Waals surface area contributed by atoms with Crippen LogP contribution in [0.4, 0.5) is 33.3 Å². The number of hydrogen-bond donors (Lipinski definition) is 3. The molecule has 3 aromatic rings. The van der Waals surface area contributed by atoms with Crippen molar-refractivity contribution >= 4 is 58.0 Å². The second kappa shape index (κ2) is 8.79. The third-order valence-electron chi connectivity index (χ3n) is 6.02. The Labute approximate surface area is 215 Å². The summed E-state index contributed by atoms with van der Waals surface area (Å²) < 4.78 is 69.5. The number of nitrogen functional groups attached to an aromatic ring is 1. The van der Waals surface area contributed by atoms with Gasteiger partial charge in [0, 0.05) is 11.5 Å². The molecule has 0 aromatic heterocycles. The molecule has 1 aliphatic rings. The Morgan fingerprint density at radius 3 is 2.11 bits per heavy atom. The zero-order chi connectivity index (χ0) is 26.7. The van der Waals surface area contributed by atoms with Crippen LogP contribution < -0.4 is 16.8 Å². The van der Waals surface area contributed by atoms with Crippen LogP contribution in [0.3, 0.4) is 0 Å². The van der Waals surface area contributed by atoms with E-state index in [4.69, 9.17) is 46.3 Å². The molecule has 2 unspecified atom stereocenters. The van der Waals surface area contributed by atoms with Gasteiger partial charge in [0.1, 0.15) is 44.3 Å². The second-order valence-electron chi connectivity index (χ2n) is 7.96. The standard InChI is InChI=1S/C23H13Cl3F5N3O2/c24-10-7-8(1-3-11(10)27)19-22(21(33)36,23(19,25)26)9-2-4-12(28)15(16(9)30)20(35)34-14-6-5-13(29)18(32)17(14)31/h1-7,19H,32H2,(H2,33,36)(H,34,35). The van der Waals surface area contributed by atoms with Gasteiger partial charge in [-0.1, -0.05) is 46.9 Å². The fraction of sp³-hybridized carbons (Fsp3) is 0.130. The van der Waals surface area contributed by atoms with Crippen LogP contribution in [-0.2, 0) is 10.2 Å². The Morgan fingerprint density at radius 2 is 1.50 bits per heavy atom. The van der Waals surface area contributed by atoms with E-state index < -0.39 is 79.1 Å². The van der Waals surface area contributed by atoms with Gasteiger partial charge in [-0.05, 0) is 35.9 Å². The predicted octanol–water partition coefficient (Wildman–Crippen LogP) is 5.56. The van der Waals surface area contributed by atoms with Crippen LogP contribution in [0.2, 0.25) is 5.02 Å². The lowest BCUT2D eigenvalue weighted by Gasteiger charge is -2.18. The summed E-state index contributed by atoms with van der Waals surface area (Å²) in [5.74, 6) is -10.2. The molecule has 4 rings (SSSR count). The van der Waals surface area contributed by atoms with E-state index in [1.807, 2.05) is 5.32 Å². The predicted molar refractivity (Wildman–Crippen MR) is 125 cm³/mol. The first kappa shape index (κ1) is 26.0. The molecular weight excluding hydrogens is 552 g/mol.